The number of nitrogens with one attached hydrogen (secondary N) is 1. The van der Waals surface area contributed by atoms with E-state index < -0.39 is 0 Å². The molecule has 0 radical (unpaired) electrons. The van der Waals surface area contributed by atoms with Crippen molar-refractivity contribution in [1.82, 2.24) is 5.32 Å². The molecule has 2 heteroatoms. The minimum absolute atomic E-state index is 0.408. The van der Waals surface area contributed by atoms with Crippen LogP contribution in [0.2, 0.25) is 5.02 Å². The summed E-state index contributed by atoms with van der Waals surface area (Å²) in [6.45, 7) is 6.85. The van der Waals surface area contributed by atoms with E-state index in [1.807, 2.05) is 18.2 Å². The third-order valence-electron chi connectivity index (χ3n) is 2.38. The first-order valence-electron chi connectivity index (χ1n) is 5.37. The Morgan fingerprint density at radius 3 is 2.60 bits per heavy atom. The molecule has 0 aromatic heterocycles. The van der Waals surface area contributed by atoms with Crippen LogP contribution in [0.5, 0.6) is 0 Å². The molecule has 0 amide bonds. The van der Waals surface area contributed by atoms with Gasteiger partial charge in [0.2, 0.25) is 0 Å². The van der Waals surface area contributed by atoms with E-state index in [1.54, 1.807) is 0 Å². The van der Waals surface area contributed by atoms with Gasteiger partial charge in [-0.1, -0.05) is 36.7 Å². The van der Waals surface area contributed by atoms with Gasteiger partial charge >= 0.3 is 0 Å². The highest BCUT2D eigenvalue weighted by molar-refractivity contribution is 6.30. The van der Waals surface area contributed by atoms with Crippen LogP contribution in [0.4, 0.5) is 0 Å². The van der Waals surface area contributed by atoms with Crippen LogP contribution in [-0.4, -0.2) is 6.54 Å². The summed E-state index contributed by atoms with van der Waals surface area (Å²) in [4.78, 5) is 0. The Bertz CT molecular complexity index is 292. The Balaban J connectivity index is 2.69. The zero-order chi connectivity index (χ0) is 11.1. The summed E-state index contributed by atoms with van der Waals surface area (Å²) >= 11 is 5.86. The molecule has 1 aromatic carbocycles. The maximum Gasteiger partial charge on any atom is 0.0406 e. The number of allylic oxidation sites excluding steroid dienone is 1. The molecule has 0 saturated heterocycles. The second-order valence-corrected chi connectivity index (χ2v) is 3.96. The Morgan fingerprint density at radius 1 is 1.40 bits per heavy atom. The topological polar surface area (TPSA) is 12.0 Å². The van der Waals surface area contributed by atoms with Crippen LogP contribution < -0.4 is 5.32 Å². The molecule has 1 atom stereocenters. The SMILES string of the molecule is C=CCCC(NCC)c1ccc(Cl)cc1. The highest BCUT2D eigenvalue weighted by Gasteiger charge is 2.08. The maximum absolute atomic E-state index is 5.86. The van der Waals surface area contributed by atoms with E-state index in [9.17, 15) is 0 Å². The van der Waals surface area contributed by atoms with Gasteiger partial charge in [-0.15, -0.1) is 6.58 Å². The van der Waals surface area contributed by atoms with Crippen molar-refractivity contribution in [2.24, 2.45) is 0 Å². The number of benzene rings is 1. The first-order valence-corrected chi connectivity index (χ1v) is 5.75. The molecule has 1 unspecified atom stereocenters. The number of hydrogen-bond acceptors (Lipinski definition) is 1. The van der Waals surface area contributed by atoms with E-state index in [4.69, 9.17) is 11.6 Å². The van der Waals surface area contributed by atoms with Crippen molar-refractivity contribution in [2.75, 3.05) is 6.54 Å². The molecular weight excluding hydrogens is 206 g/mol. The lowest BCUT2D eigenvalue weighted by Crippen LogP contribution is -2.20. The van der Waals surface area contributed by atoms with Gasteiger partial charge in [-0.2, -0.15) is 0 Å². The molecule has 0 saturated carbocycles. The van der Waals surface area contributed by atoms with E-state index in [1.165, 1.54) is 5.56 Å². The van der Waals surface area contributed by atoms with E-state index >= 15 is 0 Å². The van der Waals surface area contributed by atoms with Gasteiger partial charge in [0.25, 0.3) is 0 Å². The molecule has 0 heterocycles. The van der Waals surface area contributed by atoms with Crippen molar-refractivity contribution in [2.45, 2.75) is 25.8 Å². The summed E-state index contributed by atoms with van der Waals surface area (Å²) in [5, 5.41) is 4.25. The van der Waals surface area contributed by atoms with E-state index in [2.05, 4.69) is 31.0 Å². The molecule has 0 aliphatic heterocycles. The van der Waals surface area contributed by atoms with Gasteiger partial charge < -0.3 is 5.32 Å². The lowest BCUT2D eigenvalue weighted by atomic mass is 10.0. The van der Waals surface area contributed by atoms with E-state index in [0.29, 0.717) is 6.04 Å². The second-order valence-electron chi connectivity index (χ2n) is 3.53. The summed E-state index contributed by atoms with van der Waals surface area (Å²) in [7, 11) is 0. The highest BCUT2D eigenvalue weighted by Crippen LogP contribution is 2.20. The van der Waals surface area contributed by atoms with Crippen LogP contribution in [0.25, 0.3) is 0 Å². The Morgan fingerprint density at radius 2 is 2.07 bits per heavy atom. The predicted molar refractivity (Wildman–Crippen MR) is 67.3 cm³/mol. The summed E-state index contributed by atoms with van der Waals surface area (Å²) in [6, 6.07) is 8.45. The monoisotopic (exact) mass is 223 g/mol. The van der Waals surface area contributed by atoms with Gasteiger partial charge in [0.15, 0.2) is 0 Å². The van der Waals surface area contributed by atoms with Crippen LogP contribution in [0.3, 0.4) is 0 Å². The van der Waals surface area contributed by atoms with Gasteiger partial charge in [-0.3, -0.25) is 0 Å². The molecule has 0 fully saturated rings. The Labute approximate surface area is 97.1 Å². The van der Waals surface area contributed by atoms with Crippen molar-refractivity contribution >= 4 is 11.6 Å². The molecular formula is C13H18ClN. The standard InChI is InChI=1S/C13H18ClN/c1-3-5-6-13(15-4-2)11-7-9-12(14)10-8-11/h3,7-10,13,15H,1,4-6H2,2H3. The first kappa shape index (κ1) is 12.3. The van der Waals surface area contributed by atoms with Crippen LogP contribution in [0, 0.1) is 0 Å². The molecule has 0 spiro atoms. The highest BCUT2D eigenvalue weighted by atomic mass is 35.5. The number of rotatable bonds is 6. The summed E-state index contributed by atoms with van der Waals surface area (Å²) in [5.74, 6) is 0. The normalized spacial score (nSPS) is 12.4. The predicted octanol–water partition coefficient (Wildman–Crippen LogP) is 3.96. The smallest absolute Gasteiger partial charge is 0.0406 e. The average Bonchev–Trinajstić information content (AvgIpc) is 2.25. The molecule has 1 rings (SSSR count). The summed E-state index contributed by atoms with van der Waals surface area (Å²) < 4.78 is 0. The Kier molecular flexibility index (Phi) is 5.44. The number of halogens is 1. The van der Waals surface area contributed by atoms with Crippen LogP contribution in [0.1, 0.15) is 31.4 Å². The Hall–Kier alpha value is -0.790. The minimum atomic E-state index is 0.408. The van der Waals surface area contributed by atoms with Gasteiger partial charge in [0.05, 0.1) is 0 Å². The maximum atomic E-state index is 5.86. The first-order chi connectivity index (χ1) is 7.27. The molecule has 1 N–H and O–H groups in total. The lowest BCUT2D eigenvalue weighted by molar-refractivity contribution is 0.520. The van der Waals surface area contributed by atoms with Gasteiger partial charge in [-0.05, 0) is 37.1 Å². The van der Waals surface area contributed by atoms with Gasteiger partial charge in [0.1, 0.15) is 0 Å². The summed E-state index contributed by atoms with van der Waals surface area (Å²) in [6.07, 6.45) is 4.07. The molecule has 82 valence electrons. The van der Waals surface area contributed by atoms with Gasteiger partial charge in [0, 0.05) is 11.1 Å². The van der Waals surface area contributed by atoms with Crippen molar-refractivity contribution in [1.29, 1.82) is 0 Å². The largest absolute Gasteiger partial charge is 0.310 e. The van der Waals surface area contributed by atoms with Crippen molar-refractivity contribution in [3.63, 3.8) is 0 Å². The summed E-state index contributed by atoms with van der Waals surface area (Å²) in [5.41, 5.74) is 1.29. The molecule has 0 aliphatic rings. The second kappa shape index (κ2) is 6.65. The number of hydrogen-bond donors (Lipinski definition) is 1. The van der Waals surface area contributed by atoms with Crippen molar-refractivity contribution < 1.29 is 0 Å². The van der Waals surface area contributed by atoms with Crippen LogP contribution in [0.15, 0.2) is 36.9 Å². The minimum Gasteiger partial charge on any atom is -0.310 e. The molecule has 15 heavy (non-hydrogen) atoms. The molecule has 0 aliphatic carbocycles. The van der Waals surface area contributed by atoms with Crippen molar-refractivity contribution in [3.8, 4) is 0 Å². The fourth-order valence-corrected chi connectivity index (χ4v) is 1.74. The molecule has 0 bridgehead atoms. The fraction of sp³-hybridized carbons (Fsp3) is 0.385. The van der Waals surface area contributed by atoms with Crippen LogP contribution in [-0.2, 0) is 0 Å². The zero-order valence-electron chi connectivity index (χ0n) is 9.17. The van der Waals surface area contributed by atoms with E-state index in [-0.39, 0.29) is 0 Å². The zero-order valence-corrected chi connectivity index (χ0v) is 9.93. The average molecular weight is 224 g/mol. The third-order valence-corrected chi connectivity index (χ3v) is 2.63. The van der Waals surface area contributed by atoms with E-state index in [0.717, 1.165) is 24.4 Å². The van der Waals surface area contributed by atoms with Gasteiger partial charge in [-0.25, -0.2) is 0 Å². The quantitative estimate of drug-likeness (QED) is 0.720. The fourth-order valence-electron chi connectivity index (χ4n) is 1.61. The van der Waals surface area contributed by atoms with Crippen molar-refractivity contribution in [3.05, 3.63) is 47.5 Å². The molecule has 1 aromatic rings. The lowest BCUT2D eigenvalue weighted by Gasteiger charge is -2.17. The molecule has 1 nitrogen and oxygen atoms in total. The van der Waals surface area contributed by atoms with Crippen LogP contribution >= 0.6 is 11.6 Å². The third kappa shape index (κ3) is 4.06.